The van der Waals surface area contributed by atoms with E-state index in [2.05, 4.69) is 24.1 Å². The third-order valence-electron chi connectivity index (χ3n) is 3.89. The van der Waals surface area contributed by atoms with Gasteiger partial charge in [0.1, 0.15) is 0 Å². The first kappa shape index (κ1) is 13.0. The summed E-state index contributed by atoms with van der Waals surface area (Å²) in [6, 6.07) is 0.464. The van der Waals surface area contributed by atoms with Gasteiger partial charge in [-0.25, -0.2) is 4.98 Å². The minimum absolute atomic E-state index is 0.464. The highest BCUT2D eigenvalue weighted by atomic mass is 32.1. The van der Waals surface area contributed by atoms with Gasteiger partial charge in [0.25, 0.3) is 0 Å². The van der Waals surface area contributed by atoms with Crippen LogP contribution in [0.5, 0.6) is 0 Å². The Hall–Kier alpha value is -0.410. The van der Waals surface area contributed by atoms with Crippen molar-refractivity contribution in [3.05, 3.63) is 16.1 Å². The lowest BCUT2D eigenvalue weighted by Crippen LogP contribution is -2.20. The zero-order valence-corrected chi connectivity index (χ0v) is 11.9. The van der Waals surface area contributed by atoms with Crippen molar-refractivity contribution in [2.45, 2.75) is 58.4 Å². The zero-order chi connectivity index (χ0) is 12.1. The van der Waals surface area contributed by atoms with Crippen LogP contribution in [0.3, 0.4) is 0 Å². The summed E-state index contributed by atoms with van der Waals surface area (Å²) in [5.74, 6) is 1.03. The third-order valence-corrected chi connectivity index (χ3v) is 5.00. The van der Waals surface area contributed by atoms with Crippen LogP contribution in [0, 0.1) is 12.8 Å². The first-order valence-corrected chi connectivity index (χ1v) is 7.78. The Labute approximate surface area is 109 Å². The minimum atomic E-state index is 0.464. The monoisotopic (exact) mass is 252 g/mol. The van der Waals surface area contributed by atoms with Gasteiger partial charge in [-0.3, -0.25) is 0 Å². The average molecular weight is 252 g/mol. The lowest BCUT2D eigenvalue weighted by Gasteiger charge is -2.14. The van der Waals surface area contributed by atoms with Gasteiger partial charge >= 0.3 is 0 Å². The molecule has 1 aliphatic rings. The van der Waals surface area contributed by atoms with Crippen molar-refractivity contribution in [3.8, 4) is 0 Å². The second-order valence-electron chi connectivity index (χ2n) is 5.27. The summed E-state index contributed by atoms with van der Waals surface area (Å²) in [4.78, 5) is 5.70. The molecule has 3 heteroatoms. The van der Waals surface area contributed by atoms with Crippen molar-refractivity contribution in [2.24, 2.45) is 5.92 Å². The predicted molar refractivity (Wildman–Crippen MR) is 74.5 cm³/mol. The number of aryl methyl sites for hydroxylation is 1. The number of nitrogens with one attached hydrogen (secondary N) is 1. The highest BCUT2D eigenvalue weighted by Crippen LogP contribution is 2.28. The van der Waals surface area contributed by atoms with Gasteiger partial charge in [-0.05, 0) is 39.2 Å². The molecular formula is C14H24N2S. The van der Waals surface area contributed by atoms with Crippen LogP contribution in [0.4, 0.5) is 0 Å². The maximum atomic E-state index is 4.31. The van der Waals surface area contributed by atoms with Crippen LogP contribution in [0.1, 0.15) is 62.1 Å². The van der Waals surface area contributed by atoms with Crippen LogP contribution in [-0.4, -0.2) is 11.5 Å². The van der Waals surface area contributed by atoms with E-state index in [4.69, 9.17) is 0 Å². The molecule has 96 valence electrons. The lowest BCUT2D eigenvalue weighted by atomic mass is 10.0. The van der Waals surface area contributed by atoms with E-state index in [1.165, 1.54) is 49.1 Å². The van der Waals surface area contributed by atoms with Gasteiger partial charge in [0.2, 0.25) is 0 Å². The Bertz CT molecular complexity index is 329. The van der Waals surface area contributed by atoms with E-state index in [9.17, 15) is 0 Å². The first-order valence-electron chi connectivity index (χ1n) is 6.90. The van der Waals surface area contributed by atoms with Crippen LogP contribution in [-0.2, 0) is 0 Å². The summed E-state index contributed by atoms with van der Waals surface area (Å²) in [5.41, 5.74) is 3.13. The highest BCUT2D eigenvalue weighted by Gasteiger charge is 2.14. The van der Waals surface area contributed by atoms with Gasteiger partial charge in [-0.15, -0.1) is 11.3 Å². The van der Waals surface area contributed by atoms with Crippen LogP contribution in [0.2, 0.25) is 0 Å². The standard InChI is InChI=1S/C14H24N2S/c1-11(14-12(2)16-10-17-14)15-9-5-8-13-6-3-4-7-13/h10-11,13,15H,3-9H2,1-2H3. The Morgan fingerprint density at radius 3 is 2.88 bits per heavy atom. The summed E-state index contributed by atoms with van der Waals surface area (Å²) in [6.07, 6.45) is 8.63. The van der Waals surface area contributed by atoms with Crippen LogP contribution < -0.4 is 5.32 Å². The smallest absolute Gasteiger partial charge is 0.0798 e. The van der Waals surface area contributed by atoms with Gasteiger partial charge in [-0.2, -0.15) is 0 Å². The fourth-order valence-electron chi connectivity index (χ4n) is 2.83. The van der Waals surface area contributed by atoms with Crippen LogP contribution in [0.25, 0.3) is 0 Å². The van der Waals surface area contributed by atoms with Crippen molar-refractivity contribution in [2.75, 3.05) is 6.54 Å². The molecule has 1 aromatic rings. The zero-order valence-electron chi connectivity index (χ0n) is 11.0. The largest absolute Gasteiger partial charge is 0.309 e. The van der Waals surface area contributed by atoms with Gasteiger partial charge in [-0.1, -0.05) is 25.7 Å². The topological polar surface area (TPSA) is 24.9 Å². The highest BCUT2D eigenvalue weighted by molar-refractivity contribution is 7.09. The van der Waals surface area contributed by atoms with E-state index in [0.717, 1.165) is 12.5 Å². The van der Waals surface area contributed by atoms with Crippen molar-refractivity contribution in [1.29, 1.82) is 0 Å². The summed E-state index contributed by atoms with van der Waals surface area (Å²) >= 11 is 1.77. The first-order chi connectivity index (χ1) is 8.27. The normalized spacial score (nSPS) is 18.7. The molecule has 0 spiro atoms. The fourth-order valence-corrected chi connectivity index (χ4v) is 3.66. The SMILES string of the molecule is Cc1ncsc1C(C)NCCCC1CCCC1. The molecule has 1 aliphatic carbocycles. The molecule has 0 amide bonds. The van der Waals surface area contributed by atoms with E-state index < -0.39 is 0 Å². The molecule has 0 bridgehead atoms. The Morgan fingerprint density at radius 2 is 2.24 bits per heavy atom. The van der Waals surface area contributed by atoms with Crippen LogP contribution >= 0.6 is 11.3 Å². The molecule has 1 atom stereocenters. The molecule has 1 heterocycles. The van der Waals surface area contributed by atoms with Crippen LogP contribution in [0.15, 0.2) is 5.51 Å². The third kappa shape index (κ3) is 3.78. The number of thiazole rings is 1. The minimum Gasteiger partial charge on any atom is -0.309 e. The maximum absolute atomic E-state index is 4.31. The number of aromatic nitrogens is 1. The van der Waals surface area contributed by atoms with E-state index in [1.54, 1.807) is 11.3 Å². The molecule has 1 aromatic heterocycles. The van der Waals surface area contributed by atoms with Crippen molar-refractivity contribution >= 4 is 11.3 Å². The summed E-state index contributed by atoms with van der Waals surface area (Å²) in [6.45, 7) is 5.49. The molecule has 0 radical (unpaired) electrons. The van der Waals surface area contributed by atoms with Gasteiger partial charge < -0.3 is 5.32 Å². The molecule has 17 heavy (non-hydrogen) atoms. The lowest BCUT2D eigenvalue weighted by molar-refractivity contribution is 0.457. The number of hydrogen-bond donors (Lipinski definition) is 1. The van der Waals surface area contributed by atoms with E-state index >= 15 is 0 Å². The van der Waals surface area contributed by atoms with Crippen molar-refractivity contribution < 1.29 is 0 Å². The number of rotatable bonds is 6. The Morgan fingerprint density at radius 1 is 1.47 bits per heavy atom. The quantitative estimate of drug-likeness (QED) is 0.772. The van der Waals surface area contributed by atoms with Gasteiger partial charge in [0, 0.05) is 10.9 Å². The number of hydrogen-bond acceptors (Lipinski definition) is 3. The number of nitrogens with zero attached hydrogens (tertiary/aromatic N) is 1. The van der Waals surface area contributed by atoms with E-state index in [1.807, 2.05) is 5.51 Å². The summed E-state index contributed by atoms with van der Waals surface area (Å²) < 4.78 is 0. The summed E-state index contributed by atoms with van der Waals surface area (Å²) in [7, 11) is 0. The maximum Gasteiger partial charge on any atom is 0.0798 e. The fraction of sp³-hybridized carbons (Fsp3) is 0.786. The molecule has 2 rings (SSSR count). The molecular weight excluding hydrogens is 228 g/mol. The molecule has 1 N–H and O–H groups in total. The molecule has 0 aromatic carbocycles. The molecule has 0 aliphatic heterocycles. The molecule has 1 saturated carbocycles. The Kier molecular flexibility index (Phi) is 4.99. The molecule has 1 fully saturated rings. The molecule has 1 unspecified atom stereocenters. The molecule has 0 saturated heterocycles. The predicted octanol–water partition coefficient (Wildman–Crippen LogP) is 4.07. The molecule has 2 nitrogen and oxygen atoms in total. The van der Waals surface area contributed by atoms with Gasteiger partial charge in [0.15, 0.2) is 0 Å². The second kappa shape index (κ2) is 6.50. The van der Waals surface area contributed by atoms with Gasteiger partial charge in [0.05, 0.1) is 11.2 Å². The van der Waals surface area contributed by atoms with Crippen molar-refractivity contribution in [3.63, 3.8) is 0 Å². The average Bonchev–Trinajstić information content (AvgIpc) is 2.95. The van der Waals surface area contributed by atoms with E-state index in [0.29, 0.717) is 6.04 Å². The Balaban J connectivity index is 1.63. The summed E-state index contributed by atoms with van der Waals surface area (Å²) in [5, 5.41) is 3.62. The van der Waals surface area contributed by atoms with E-state index in [-0.39, 0.29) is 0 Å². The second-order valence-corrected chi connectivity index (χ2v) is 6.16. The van der Waals surface area contributed by atoms with Crippen molar-refractivity contribution in [1.82, 2.24) is 10.3 Å².